The van der Waals surface area contributed by atoms with Crippen molar-refractivity contribution in [3.63, 3.8) is 0 Å². The van der Waals surface area contributed by atoms with Crippen molar-refractivity contribution in [2.75, 3.05) is 5.73 Å². The third-order valence-electron chi connectivity index (χ3n) is 3.18. The Morgan fingerprint density at radius 1 is 1.23 bits per heavy atom. The van der Waals surface area contributed by atoms with E-state index in [1.165, 1.54) is 18.3 Å². The summed E-state index contributed by atoms with van der Waals surface area (Å²) in [6, 6.07) is 9.25. The van der Waals surface area contributed by atoms with Gasteiger partial charge in [0.25, 0.3) is 5.91 Å². The molecule has 2 heterocycles. The summed E-state index contributed by atoms with van der Waals surface area (Å²) in [5.74, 6) is -1.02. The molecule has 0 unspecified atom stereocenters. The van der Waals surface area contributed by atoms with Gasteiger partial charge >= 0.3 is 0 Å². The van der Waals surface area contributed by atoms with Gasteiger partial charge in [-0.05, 0) is 24.3 Å². The smallest absolute Gasteiger partial charge is 0.250 e. The standard InChI is InChI=1S/C15H12FN5O/c16-10-4-2-1-3-8(10)13-9(14(17)22)7-12(20-13)11-5-6-19-15(18)21-11/h1-7,20H,(H2,17,22)(H2,18,19,21). The zero-order valence-corrected chi connectivity index (χ0v) is 11.4. The van der Waals surface area contributed by atoms with Crippen LogP contribution in [0.4, 0.5) is 10.3 Å². The van der Waals surface area contributed by atoms with E-state index >= 15 is 0 Å². The average molecular weight is 297 g/mol. The zero-order chi connectivity index (χ0) is 15.7. The molecule has 0 atom stereocenters. The Balaban J connectivity index is 2.19. The number of nitrogens with two attached hydrogens (primary N) is 2. The van der Waals surface area contributed by atoms with E-state index in [-0.39, 0.29) is 17.1 Å². The summed E-state index contributed by atoms with van der Waals surface area (Å²) in [5, 5.41) is 0. The maximum Gasteiger partial charge on any atom is 0.250 e. The lowest BCUT2D eigenvalue weighted by Crippen LogP contribution is -2.11. The number of anilines is 1. The number of halogens is 1. The van der Waals surface area contributed by atoms with Crippen LogP contribution in [0.15, 0.2) is 42.6 Å². The summed E-state index contributed by atoms with van der Waals surface area (Å²) in [6.07, 6.45) is 1.49. The number of nitrogens with one attached hydrogen (secondary N) is 1. The van der Waals surface area contributed by atoms with Crippen molar-refractivity contribution in [1.82, 2.24) is 15.0 Å². The van der Waals surface area contributed by atoms with E-state index in [9.17, 15) is 9.18 Å². The van der Waals surface area contributed by atoms with Gasteiger partial charge in [0.15, 0.2) is 0 Å². The third-order valence-corrected chi connectivity index (χ3v) is 3.18. The molecule has 0 aliphatic carbocycles. The molecular weight excluding hydrogens is 285 g/mol. The van der Waals surface area contributed by atoms with Crippen LogP contribution in [-0.2, 0) is 0 Å². The first-order valence-corrected chi connectivity index (χ1v) is 6.43. The number of primary amides is 1. The van der Waals surface area contributed by atoms with Crippen molar-refractivity contribution in [1.29, 1.82) is 0 Å². The van der Waals surface area contributed by atoms with Crippen LogP contribution >= 0.6 is 0 Å². The highest BCUT2D eigenvalue weighted by atomic mass is 19.1. The molecular formula is C15H12FN5O. The van der Waals surface area contributed by atoms with E-state index in [1.54, 1.807) is 24.3 Å². The van der Waals surface area contributed by atoms with Crippen LogP contribution in [0.1, 0.15) is 10.4 Å². The van der Waals surface area contributed by atoms with Gasteiger partial charge in [-0.25, -0.2) is 14.4 Å². The quantitative estimate of drug-likeness (QED) is 0.686. The van der Waals surface area contributed by atoms with Crippen LogP contribution in [0.25, 0.3) is 22.6 Å². The maximum atomic E-state index is 14.0. The molecule has 0 saturated carbocycles. The summed E-state index contributed by atoms with van der Waals surface area (Å²) in [6.45, 7) is 0. The van der Waals surface area contributed by atoms with E-state index in [0.29, 0.717) is 17.1 Å². The van der Waals surface area contributed by atoms with Crippen LogP contribution in [0.2, 0.25) is 0 Å². The molecule has 0 bridgehead atoms. The summed E-state index contributed by atoms with van der Waals surface area (Å²) in [7, 11) is 0. The van der Waals surface area contributed by atoms with Crippen molar-refractivity contribution in [2.45, 2.75) is 0 Å². The second-order valence-electron chi connectivity index (χ2n) is 4.62. The topological polar surface area (TPSA) is 111 Å². The fraction of sp³-hybridized carbons (Fsp3) is 0. The number of aromatic nitrogens is 3. The van der Waals surface area contributed by atoms with Gasteiger partial charge in [-0.15, -0.1) is 0 Å². The average Bonchev–Trinajstić information content (AvgIpc) is 2.93. The molecule has 0 saturated heterocycles. The molecule has 5 N–H and O–H groups in total. The Morgan fingerprint density at radius 3 is 2.68 bits per heavy atom. The maximum absolute atomic E-state index is 14.0. The van der Waals surface area contributed by atoms with Gasteiger partial charge in [0.05, 0.1) is 22.6 Å². The molecule has 3 aromatic rings. The van der Waals surface area contributed by atoms with E-state index in [2.05, 4.69) is 15.0 Å². The van der Waals surface area contributed by atoms with E-state index in [1.807, 2.05) is 0 Å². The summed E-state index contributed by atoms with van der Waals surface area (Å²) >= 11 is 0. The number of nitrogen functional groups attached to an aromatic ring is 1. The predicted molar refractivity (Wildman–Crippen MR) is 80.1 cm³/mol. The van der Waals surface area contributed by atoms with Crippen LogP contribution in [0.3, 0.4) is 0 Å². The van der Waals surface area contributed by atoms with Crippen molar-refractivity contribution >= 4 is 11.9 Å². The minimum absolute atomic E-state index is 0.0974. The molecule has 1 amide bonds. The van der Waals surface area contributed by atoms with Crippen LogP contribution in [-0.4, -0.2) is 20.9 Å². The van der Waals surface area contributed by atoms with Gasteiger partial charge in [-0.1, -0.05) is 12.1 Å². The number of benzene rings is 1. The Morgan fingerprint density at radius 2 is 2.00 bits per heavy atom. The first-order chi connectivity index (χ1) is 10.6. The number of amides is 1. The van der Waals surface area contributed by atoms with E-state index in [4.69, 9.17) is 11.5 Å². The number of nitrogens with zero attached hydrogens (tertiary/aromatic N) is 2. The highest BCUT2D eigenvalue weighted by Gasteiger charge is 2.18. The van der Waals surface area contributed by atoms with Gasteiger partial charge in [0, 0.05) is 11.8 Å². The van der Waals surface area contributed by atoms with Crippen molar-refractivity contribution < 1.29 is 9.18 Å². The fourth-order valence-corrected chi connectivity index (χ4v) is 2.19. The number of carbonyl (C=O) groups is 1. The number of aromatic amines is 1. The Bertz CT molecular complexity index is 859. The third kappa shape index (κ3) is 2.39. The second kappa shape index (κ2) is 5.28. The first kappa shape index (κ1) is 13.7. The van der Waals surface area contributed by atoms with E-state index in [0.717, 1.165) is 0 Å². The first-order valence-electron chi connectivity index (χ1n) is 6.43. The summed E-state index contributed by atoms with van der Waals surface area (Å²) in [5.41, 5.74) is 12.7. The second-order valence-corrected chi connectivity index (χ2v) is 4.62. The van der Waals surface area contributed by atoms with E-state index < -0.39 is 11.7 Å². The number of rotatable bonds is 3. The molecule has 7 heteroatoms. The number of H-pyrrole nitrogens is 1. The highest BCUT2D eigenvalue weighted by molar-refractivity contribution is 6.00. The molecule has 3 rings (SSSR count). The van der Waals surface area contributed by atoms with Crippen LogP contribution in [0.5, 0.6) is 0 Å². The zero-order valence-electron chi connectivity index (χ0n) is 11.4. The number of carbonyl (C=O) groups excluding carboxylic acids is 1. The summed E-state index contributed by atoms with van der Waals surface area (Å²) < 4.78 is 14.0. The minimum atomic E-state index is -0.664. The summed E-state index contributed by atoms with van der Waals surface area (Å²) in [4.78, 5) is 22.5. The number of hydrogen-bond acceptors (Lipinski definition) is 4. The Hall–Kier alpha value is -3.22. The normalized spacial score (nSPS) is 10.6. The molecule has 2 aromatic heterocycles. The lowest BCUT2D eigenvalue weighted by molar-refractivity contribution is 0.100. The SMILES string of the molecule is NC(=O)c1cc(-c2ccnc(N)n2)[nH]c1-c1ccccc1F. The fourth-order valence-electron chi connectivity index (χ4n) is 2.19. The largest absolute Gasteiger partial charge is 0.368 e. The van der Waals surface area contributed by atoms with Crippen molar-refractivity contribution in [3.05, 3.63) is 54.0 Å². The Kier molecular flexibility index (Phi) is 3.30. The van der Waals surface area contributed by atoms with Crippen molar-refractivity contribution in [2.24, 2.45) is 5.73 Å². The van der Waals surface area contributed by atoms with Gasteiger partial charge in [0.2, 0.25) is 5.95 Å². The number of hydrogen-bond donors (Lipinski definition) is 3. The molecule has 6 nitrogen and oxygen atoms in total. The molecule has 0 aliphatic heterocycles. The minimum Gasteiger partial charge on any atom is -0.368 e. The molecule has 110 valence electrons. The van der Waals surface area contributed by atoms with Crippen LogP contribution < -0.4 is 11.5 Å². The van der Waals surface area contributed by atoms with Gasteiger partial charge in [-0.2, -0.15) is 0 Å². The molecule has 22 heavy (non-hydrogen) atoms. The predicted octanol–water partition coefficient (Wildman–Crippen LogP) is 1.96. The van der Waals surface area contributed by atoms with Gasteiger partial charge in [0.1, 0.15) is 5.82 Å². The highest BCUT2D eigenvalue weighted by Crippen LogP contribution is 2.29. The lowest BCUT2D eigenvalue weighted by atomic mass is 10.1. The van der Waals surface area contributed by atoms with Gasteiger partial charge in [-0.3, -0.25) is 4.79 Å². The van der Waals surface area contributed by atoms with Crippen molar-refractivity contribution in [3.8, 4) is 22.6 Å². The Labute approximate surface area is 125 Å². The lowest BCUT2D eigenvalue weighted by Gasteiger charge is -2.03. The monoisotopic (exact) mass is 297 g/mol. The molecule has 0 spiro atoms. The molecule has 0 aliphatic rings. The van der Waals surface area contributed by atoms with Crippen LogP contribution in [0, 0.1) is 5.82 Å². The van der Waals surface area contributed by atoms with Gasteiger partial charge < -0.3 is 16.5 Å². The molecule has 1 aromatic carbocycles. The molecule has 0 fully saturated rings. The molecule has 0 radical (unpaired) electrons.